The number of carbonyl (C=O) groups excluding carboxylic acids is 3. The summed E-state index contributed by atoms with van der Waals surface area (Å²) in [6, 6.07) is -0.569. The van der Waals surface area contributed by atoms with Gasteiger partial charge in [0.2, 0.25) is 0 Å². The summed E-state index contributed by atoms with van der Waals surface area (Å²) in [6.45, 7) is 3.71. The zero-order chi connectivity index (χ0) is 13.1. The molecule has 3 fully saturated rings. The van der Waals surface area contributed by atoms with Gasteiger partial charge in [0.15, 0.2) is 12.6 Å². The number of imide groups is 1. The van der Waals surface area contributed by atoms with Crippen molar-refractivity contribution in [3.8, 4) is 0 Å². The number of hydrogen-bond donors (Lipinski definition) is 0. The summed E-state index contributed by atoms with van der Waals surface area (Å²) in [5.41, 5.74) is -0.115. The van der Waals surface area contributed by atoms with Crippen LogP contribution < -0.4 is 5.11 Å². The summed E-state index contributed by atoms with van der Waals surface area (Å²) in [5, 5.41) is 10.8. The molecule has 3 rings (SSSR count). The van der Waals surface area contributed by atoms with Gasteiger partial charge in [0.25, 0.3) is 0 Å². The molecule has 0 bridgehead atoms. The molecule has 5 nitrogen and oxygen atoms in total. The molecule has 0 N–H and O–H groups in total. The second kappa shape index (κ2) is 3.51. The molecule has 0 aromatic heterocycles. The molecule has 1 saturated carbocycles. The van der Waals surface area contributed by atoms with Crippen molar-refractivity contribution >= 4 is 17.8 Å². The number of rotatable bonds is 2. The first-order chi connectivity index (χ1) is 8.50. The largest absolute Gasteiger partial charge is 0.545 e. The third kappa shape index (κ3) is 1.22. The number of carboxylic acid groups (broad SMARTS) is 1. The van der Waals surface area contributed by atoms with Gasteiger partial charge in [-0.3, -0.25) is 0 Å². The summed E-state index contributed by atoms with van der Waals surface area (Å²) in [5.74, 6) is -1.91. The molecule has 2 heterocycles. The first-order valence-corrected chi connectivity index (χ1v) is 6.37. The van der Waals surface area contributed by atoms with E-state index < -0.39 is 12.0 Å². The molecule has 3 unspecified atom stereocenters. The van der Waals surface area contributed by atoms with Crippen molar-refractivity contribution in [3.63, 3.8) is 0 Å². The minimum Gasteiger partial charge on any atom is -0.545 e. The minimum absolute atomic E-state index is 0.0860. The first-order valence-electron chi connectivity index (χ1n) is 6.37. The van der Waals surface area contributed by atoms with E-state index in [0.717, 1.165) is 25.7 Å². The highest BCUT2D eigenvalue weighted by atomic mass is 16.4. The summed E-state index contributed by atoms with van der Waals surface area (Å²) in [4.78, 5) is 35.5. The fourth-order valence-corrected chi connectivity index (χ4v) is 3.65. The molecule has 2 aliphatic heterocycles. The SMILES string of the molecule is C=C(C(=O)[O-])C1C[N+]12C(=O)C1CCCCC1C2=O. The van der Waals surface area contributed by atoms with E-state index in [1.807, 2.05) is 0 Å². The molecule has 0 aromatic rings. The van der Waals surface area contributed by atoms with Crippen LogP contribution in [0.15, 0.2) is 12.2 Å². The van der Waals surface area contributed by atoms with Crippen LogP contribution in [0.5, 0.6) is 0 Å². The maximum atomic E-state index is 12.4. The summed E-state index contributed by atoms with van der Waals surface area (Å²) >= 11 is 0. The molecular weight excluding hydrogens is 234 g/mol. The van der Waals surface area contributed by atoms with E-state index in [2.05, 4.69) is 6.58 Å². The molecule has 0 aromatic carbocycles. The Bertz CT molecular complexity index is 457. The van der Waals surface area contributed by atoms with Crippen molar-refractivity contribution in [1.29, 1.82) is 0 Å². The molecule has 2 amide bonds. The van der Waals surface area contributed by atoms with Gasteiger partial charge in [-0.05, 0) is 12.8 Å². The summed E-state index contributed by atoms with van der Waals surface area (Å²) in [6.07, 6.45) is 3.48. The predicted molar refractivity (Wildman–Crippen MR) is 58.5 cm³/mol. The average Bonchev–Trinajstić information content (AvgIpc) is 3.08. The highest BCUT2D eigenvalue weighted by Crippen LogP contribution is 2.51. The van der Waals surface area contributed by atoms with Gasteiger partial charge in [-0.15, -0.1) is 0 Å². The quantitative estimate of drug-likeness (QED) is 0.282. The smallest absolute Gasteiger partial charge is 0.326 e. The molecule has 3 atom stereocenters. The van der Waals surface area contributed by atoms with Gasteiger partial charge in [-0.25, -0.2) is 9.59 Å². The molecule has 0 radical (unpaired) electrons. The van der Waals surface area contributed by atoms with Gasteiger partial charge in [0.1, 0.15) is 0 Å². The molecule has 5 heteroatoms. The highest BCUT2D eigenvalue weighted by molar-refractivity contribution is 5.99. The van der Waals surface area contributed by atoms with E-state index >= 15 is 0 Å². The summed E-state index contributed by atoms with van der Waals surface area (Å²) in [7, 11) is 0. The predicted octanol–water partition coefficient (Wildman–Crippen LogP) is -0.635. The Hall–Kier alpha value is -1.49. The Kier molecular flexibility index (Phi) is 2.26. The second-order valence-corrected chi connectivity index (χ2v) is 5.55. The Labute approximate surface area is 105 Å². The Morgan fingerprint density at radius 1 is 1.17 bits per heavy atom. The van der Waals surface area contributed by atoms with Gasteiger partial charge >= 0.3 is 11.8 Å². The first kappa shape index (κ1) is 11.6. The van der Waals surface area contributed by atoms with Gasteiger partial charge in [0, 0.05) is 5.57 Å². The van der Waals surface area contributed by atoms with Gasteiger partial charge in [-0.2, -0.15) is 4.48 Å². The maximum Gasteiger partial charge on any atom is 0.326 e. The lowest BCUT2D eigenvalue weighted by Crippen LogP contribution is -2.39. The standard InChI is InChI=1S/C13H15NO4/c1-7(13(17)18)10-6-14(10)11(15)8-4-2-3-5-9(8)12(14)16/h8-10H,1-6H2. The number of aliphatic carboxylic acids is 1. The molecule has 1 spiro atoms. The van der Waals surface area contributed by atoms with E-state index in [-0.39, 0.29) is 40.3 Å². The minimum atomic E-state index is -1.36. The number of nitrogens with zero attached hydrogens (tertiary/aromatic N) is 1. The molecule has 3 aliphatic rings. The third-order valence-corrected chi connectivity index (χ3v) is 4.71. The van der Waals surface area contributed by atoms with E-state index in [0.29, 0.717) is 0 Å². The lowest BCUT2D eigenvalue weighted by atomic mass is 9.81. The number of quaternary nitrogens is 1. The Morgan fingerprint density at radius 3 is 2.11 bits per heavy atom. The van der Waals surface area contributed by atoms with Crippen LogP contribution in [0.25, 0.3) is 0 Å². The van der Waals surface area contributed by atoms with Crippen molar-refractivity contribution in [2.75, 3.05) is 6.54 Å². The van der Waals surface area contributed by atoms with Crippen molar-refractivity contribution in [3.05, 3.63) is 12.2 Å². The monoisotopic (exact) mass is 249 g/mol. The Morgan fingerprint density at radius 2 is 1.67 bits per heavy atom. The lowest BCUT2D eigenvalue weighted by molar-refractivity contribution is -0.644. The fraction of sp³-hybridized carbons (Fsp3) is 0.615. The van der Waals surface area contributed by atoms with Crippen LogP contribution in [0.2, 0.25) is 0 Å². The number of carboxylic acids is 1. The maximum absolute atomic E-state index is 12.4. The van der Waals surface area contributed by atoms with Crippen LogP contribution in [0.3, 0.4) is 0 Å². The zero-order valence-electron chi connectivity index (χ0n) is 10.1. The van der Waals surface area contributed by atoms with Gasteiger partial charge < -0.3 is 9.90 Å². The van der Waals surface area contributed by atoms with Crippen molar-refractivity contribution in [2.24, 2.45) is 11.8 Å². The molecule has 2 saturated heterocycles. The van der Waals surface area contributed by atoms with Crippen LogP contribution in [0, 0.1) is 11.8 Å². The molecular formula is C13H15NO4. The van der Waals surface area contributed by atoms with Gasteiger partial charge in [0.05, 0.1) is 17.8 Å². The van der Waals surface area contributed by atoms with Crippen molar-refractivity contribution < 1.29 is 24.0 Å². The number of carbonyl (C=O) groups is 3. The van der Waals surface area contributed by atoms with E-state index in [4.69, 9.17) is 0 Å². The number of amides is 2. The van der Waals surface area contributed by atoms with Crippen LogP contribution in [0.4, 0.5) is 0 Å². The molecule has 18 heavy (non-hydrogen) atoms. The van der Waals surface area contributed by atoms with Crippen LogP contribution in [-0.4, -0.2) is 34.9 Å². The molecule has 1 aliphatic carbocycles. The zero-order valence-corrected chi connectivity index (χ0v) is 10.1. The highest BCUT2D eigenvalue weighted by Gasteiger charge is 2.75. The lowest BCUT2D eigenvalue weighted by Gasteiger charge is -2.17. The van der Waals surface area contributed by atoms with Crippen LogP contribution >= 0.6 is 0 Å². The van der Waals surface area contributed by atoms with Gasteiger partial charge in [-0.1, -0.05) is 19.4 Å². The van der Waals surface area contributed by atoms with Crippen molar-refractivity contribution in [1.82, 2.24) is 0 Å². The van der Waals surface area contributed by atoms with E-state index in [1.54, 1.807) is 0 Å². The topological polar surface area (TPSA) is 74.3 Å². The average molecular weight is 249 g/mol. The summed E-state index contributed by atoms with van der Waals surface area (Å²) < 4.78 is -0.290. The Balaban J connectivity index is 1.91. The fourth-order valence-electron chi connectivity index (χ4n) is 3.65. The second-order valence-electron chi connectivity index (χ2n) is 5.55. The normalized spacial score (nSPS) is 41.9. The number of hydrogen-bond acceptors (Lipinski definition) is 4. The number of fused-ring (bicyclic) bond motifs is 1. The van der Waals surface area contributed by atoms with Crippen LogP contribution in [0.1, 0.15) is 25.7 Å². The third-order valence-electron chi connectivity index (χ3n) is 4.71. The van der Waals surface area contributed by atoms with Crippen LogP contribution in [-0.2, 0) is 14.4 Å². The van der Waals surface area contributed by atoms with E-state index in [1.165, 1.54) is 0 Å². The molecule has 96 valence electrons. The van der Waals surface area contributed by atoms with Crippen molar-refractivity contribution in [2.45, 2.75) is 31.7 Å². The van der Waals surface area contributed by atoms with E-state index in [9.17, 15) is 19.5 Å².